The number of epoxide rings is 1. The first-order valence-electron chi connectivity index (χ1n) is 7.76. The lowest BCUT2D eigenvalue weighted by Gasteiger charge is -2.22. The minimum absolute atomic E-state index is 0.198. The monoisotopic (exact) mass is 238 g/mol. The van der Waals surface area contributed by atoms with Crippen molar-refractivity contribution < 1.29 is 4.74 Å². The third kappa shape index (κ3) is 4.28. The fourth-order valence-corrected chi connectivity index (χ4v) is 3.32. The van der Waals surface area contributed by atoms with Gasteiger partial charge in [-0.25, -0.2) is 0 Å². The second-order valence-corrected chi connectivity index (χ2v) is 6.97. The van der Waals surface area contributed by atoms with Crippen LogP contribution in [0.1, 0.15) is 78.6 Å². The SMILES string of the molecule is C[C@@H](CCC1CCCCC1)CCC1OC1(C)C. The number of hydrogen-bond acceptors (Lipinski definition) is 1. The van der Waals surface area contributed by atoms with Crippen molar-refractivity contribution in [2.24, 2.45) is 11.8 Å². The third-order valence-electron chi connectivity index (χ3n) is 4.88. The van der Waals surface area contributed by atoms with Crippen molar-refractivity contribution in [1.29, 1.82) is 0 Å². The van der Waals surface area contributed by atoms with Gasteiger partial charge < -0.3 is 4.74 Å². The molecule has 2 aliphatic rings. The van der Waals surface area contributed by atoms with Crippen molar-refractivity contribution >= 4 is 0 Å². The molecular weight excluding hydrogens is 208 g/mol. The van der Waals surface area contributed by atoms with E-state index in [0.717, 1.165) is 11.8 Å². The van der Waals surface area contributed by atoms with Crippen LogP contribution in [0.15, 0.2) is 0 Å². The van der Waals surface area contributed by atoms with Gasteiger partial charge in [0.15, 0.2) is 0 Å². The second kappa shape index (κ2) is 5.73. The van der Waals surface area contributed by atoms with Crippen molar-refractivity contribution in [3.8, 4) is 0 Å². The van der Waals surface area contributed by atoms with Crippen molar-refractivity contribution in [3.63, 3.8) is 0 Å². The molecule has 2 fully saturated rings. The Morgan fingerprint density at radius 3 is 2.24 bits per heavy atom. The molecule has 1 heterocycles. The van der Waals surface area contributed by atoms with E-state index in [4.69, 9.17) is 4.74 Å². The Hall–Kier alpha value is -0.0400. The first-order valence-corrected chi connectivity index (χ1v) is 7.76. The molecule has 1 unspecified atom stereocenters. The van der Waals surface area contributed by atoms with Gasteiger partial charge in [0.2, 0.25) is 0 Å². The molecule has 0 aromatic carbocycles. The molecule has 0 radical (unpaired) electrons. The van der Waals surface area contributed by atoms with E-state index in [1.165, 1.54) is 57.8 Å². The standard InChI is InChI=1S/C16H30O/c1-13(10-12-15-16(2,3)17-15)9-11-14-7-5-4-6-8-14/h13-15H,4-12H2,1-3H3/t13-,15?/m0/s1. The highest BCUT2D eigenvalue weighted by Crippen LogP contribution is 2.39. The first-order chi connectivity index (χ1) is 8.08. The van der Waals surface area contributed by atoms with Crippen LogP contribution >= 0.6 is 0 Å². The summed E-state index contributed by atoms with van der Waals surface area (Å²) in [5.74, 6) is 1.96. The lowest BCUT2D eigenvalue weighted by Crippen LogP contribution is -2.09. The molecule has 0 amide bonds. The average Bonchev–Trinajstić information content (AvgIpc) is 2.93. The summed E-state index contributed by atoms with van der Waals surface area (Å²) in [5.41, 5.74) is 0.198. The lowest BCUT2D eigenvalue weighted by molar-refractivity contribution is 0.294. The Labute approximate surface area is 107 Å². The molecule has 0 aromatic rings. The zero-order chi connectivity index (χ0) is 12.3. The second-order valence-electron chi connectivity index (χ2n) is 6.97. The van der Waals surface area contributed by atoms with Crippen LogP contribution in [-0.2, 0) is 4.74 Å². The van der Waals surface area contributed by atoms with Crippen molar-refractivity contribution in [1.82, 2.24) is 0 Å². The van der Waals surface area contributed by atoms with Crippen LogP contribution in [0.5, 0.6) is 0 Å². The summed E-state index contributed by atoms with van der Waals surface area (Å²) in [5, 5.41) is 0. The highest BCUT2D eigenvalue weighted by atomic mass is 16.6. The number of hydrogen-bond donors (Lipinski definition) is 0. The summed E-state index contributed by atoms with van der Waals surface area (Å²) < 4.78 is 5.65. The lowest BCUT2D eigenvalue weighted by atomic mass is 9.83. The largest absolute Gasteiger partial charge is 0.367 e. The Kier molecular flexibility index (Phi) is 4.52. The van der Waals surface area contributed by atoms with Crippen molar-refractivity contribution in [2.75, 3.05) is 0 Å². The maximum absolute atomic E-state index is 5.65. The Bertz CT molecular complexity index is 228. The van der Waals surface area contributed by atoms with E-state index in [0.29, 0.717) is 6.10 Å². The minimum atomic E-state index is 0.198. The minimum Gasteiger partial charge on any atom is -0.367 e. The topological polar surface area (TPSA) is 12.5 Å². The van der Waals surface area contributed by atoms with Gasteiger partial charge in [-0.1, -0.05) is 51.9 Å². The van der Waals surface area contributed by atoms with Crippen LogP contribution in [0.3, 0.4) is 0 Å². The van der Waals surface area contributed by atoms with Crippen molar-refractivity contribution in [3.05, 3.63) is 0 Å². The molecule has 2 rings (SSSR count). The van der Waals surface area contributed by atoms with E-state index in [2.05, 4.69) is 20.8 Å². The summed E-state index contributed by atoms with van der Waals surface area (Å²) in [6, 6.07) is 0. The van der Waals surface area contributed by atoms with Gasteiger partial charge >= 0.3 is 0 Å². The number of rotatable bonds is 6. The highest BCUT2D eigenvalue weighted by Gasteiger charge is 2.46. The average molecular weight is 238 g/mol. The van der Waals surface area contributed by atoms with E-state index in [1.807, 2.05) is 0 Å². The van der Waals surface area contributed by atoms with Crippen LogP contribution in [-0.4, -0.2) is 11.7 Å². The van der Waals surface area contributed by atoms with Gasteiger partial charge in [0.25, 0.3) is 0 Å². The Morgan fingerprint density at radius 2 is 1.65 bits per heavy atom. The molecule has 100 valence electrons. The molecule has 1 aliphatic heterocycles. The van der Waals surface area contributed by atoms with Crippen LogP contribution < -0.4 is 0 Å². The van der Waals surface area contributed by atoms with E-state index < -0.39 is 0 Å². The maximum Gasteiger partial charge on any atom is 0.0892 e. The van der Waals surface area contributed by atoms with E-state index in [9.17, 15) is 0 Å². The summed E-state index contributed by atoms with van der Waals surface area (Å²) in [7, 11) is 0. The molecular formula is C16H30O. The normalized spacial score (nSPS) is 30.2. The molecule has 0 aromatic heterocycles. The summed E-state index contributed by atoms with van der Waals surface area (Å²) >= 11 is 0. The Balaban J connectivity index is 1.53. The number of ether oxygens (including phenoxy) is 1. The van der Waals surface area contributed by atoms with Gasteiger partial charge in [-0.05, 0) is 38.5 Å². The van der Waals surface area contributed by atoms with Gasteiger partial charge in [0, 0.05) is 0 Å². The molecule has 1 saturated carbocycles. The van der Waals surface area contributed by atoms with Crippen molar-refractivity contribution in [2.45, 2.75) is 90.3 Å². The fourth-order valence-electron chi connectivity index (χ4n) is 3.32. The van der Waals surface area contributed by atoms with Gasteiger partial charge in [0.05, 0.1) is 11.7 Å². The third-order valence-corrected chi connectivity index (χ3v) is 4.88. The van der Waals surface area contributed by atoms with Gasteiger partial charge in [-0.2, -0.15) is 0 Å². The first kappa shape index (κ1) is 13.4. The van der Waals surface area contributed by atoms with E-state index >= 15 is 0 Å². The molecule has 1 saturated heterocycles. The maximum atomic E-state index is 5.65. The zero-order valence-corrected chi connectivity index (χ0v) is 12.0. The molecule has 2 atom stereocenters. The van der Waals surface area contributed by atoms with Gasteiger partial charge in [-0.3, -0.25) is 0 Å². The predicted molar refractivity (Wildman–Crippen MR) is 73.2 cm³/mol. The molecule has 1 aliphatic carbocycles. The van der Waals surface area contributed by atoms with Crippen LogP contribution in [0.4, 0.5) is 0 Å². The van der Waals surface area contributed by atoms with Crippen LogP contribution in [0.25, 0.3) is 0 Å². The molecule has 1 heteroatoms. The quantitative estimate of drug-likeness (QED) is 0.597. The van der Waals surface area contributed by atoms with Crippen LogP contribution in [0.2, 0.25) is 0 Å². The van der Waals surface area contributed by atoms with E-state index in [1.54, 1.807) is 0 Å². The molecule has 1 nitrogen and oxygen atoms in total. The summed E-state index contributed by atoms with van der Waals surface area (Å²) in [4.78, 5) is 0. The van der Waals surface area contributed by atoms with Gasteiger partial charge in [0.1, 0.15) is 0 Å². The molecule has 0 N–H and O–H groups in total. The predicted octanol–water partition coefficient (Wildman–Crippen LogP) is 4.94. The summed E-state index contributed by atoms with van der Waals surface area (Å²) in [6.45, 7) is 6.85. The smallest absolute Gasteiger partial charge is 0.0892 e. The van der Waals surface area contributed by atoms with E-state index in [-0.39, 0.29) is 5.60 Å². The fraction of sp³-hybridized carbons (Fsp3) is 1.00. The van der Waals surface area contributed by atoms with Crippen LogP contribution in [0, 0.1) is 11.8 Å². The summed E-state index contributed by atoms with van der Waals surface area (Å²) in [6.07, 6.45) is 13.6. The zero-order valence-electron chi connectivity index (χ0n) is 12.0. The molecule has 17 heavy (non-hydrogen) atoms. The Morgan fingerprint density at radius 1 is 1.06 bits per heavy atom. The molecule has 0 bridgehead atoms. The van der Waals surface area contributed by atoms with Gasteiger partial charge in [-0.15, -0.1) is 0 Å². The molecule has 0 spiro atoms. The highest BCUT2D eigenvalue weighted by molar-refractivity contribution is 4.94.